The Bertz CT molecular complexity index is 499. The SMILES string of the molecule is CNC(CCCS(C)(=O)=O)Cc1c(F)cccc1Cl. The molecule has 0 saturated carbocycles. The van der Waals surface area contributed by atoms with Gasteiger partial charge in [0, 0.05) is 28.6 Å². The summed E-state index contributed by atoms with van der Waals surface area (Å²) in [6, 6.07) is 4.61. The molecule has 19 heavy (non-hydrogen) atoms. The largest absolute Gasteiger partial charge is 0.317 e. The molecule has 0 aliphatic heterocycles. The molecule has 1 aromatic carbocycles. The van der Waals surface area contributed by atoms with Crippen molar-refractivity contribution in [1.82, 2.24) is 5.32 Å². The second kappa shape index (κ2) is 7.22. The molecule has 3 nitrogen and oxygen atoms in total. The summed E-state index contributed by atoms with van der Waals surface area (Å²) in [6.45, 7) is 0. The molecule has 1 rings (SSSR count). The minimum Gasteiger partial charge on any atom is -0.317 e. The molecule has 0 aliphatic carbocycles. The second-order valence-electron chi connectivity index (χ2n) is 4.66. The standard InChI is InChI=1S/C13H19ClFNO2S/c1-16-10(5-4-8-19(2,17)18)9-11-12(14)6-3-7-13(11)15/h3,6-7,10,16H,4-5,8-9H2,1-2H3. The van der Waals surface area contributed by atoms with Gasteiger partial charge in [-0.25, -0.2) is 12.8 Å². The highest BCUT2D eigenvalue weighted by atomic mass is 35.5. The maximum absolute atomic E-state index is 13.7. The van der Waals surface area contributed by atoms with E-state index >= 15 is 0 Å². The summed E-state index contributed by atoms with van der Waals surface area (Å²) < 4.78 is 35.8. The molecular weight excluding hydrogens is 289 g/mol. The van der Waals surface area contributed by atoms with Gasteiger partial charge in [0.1, 0.15) is 15.7 Å². The summed E-state index contributed by atoms with van der Waals surface area (Å²) in [6.07, 6.45) is 2.88. The number of nitrogens with one attached hydrogen (secondary N) is 1. The Morgan fingerprint density at radius 2 is 2.11 bits per heavy atom. The smallest absolute Gasteiger partial charge is 0.147 e. The molecule has 0 amide bonds. The van der Waals surface area contributed by atoms with Crippen molar-refractivity contribution in [2.45, 2.75) is 25.3 Å². The van der Waals surface area contributed by atoms with Crippen molar-refractivity contribution < 1.29 is 12.8 Å². The van der Waals surface area contributed by atoms with Gasteiger partial charge in [0.15, 0.2) is 0 Å². The third-order valence-corrected chi connectivity index (χ3v) is 4.37. The van der Waals surface area contributed by atoms with Crippen LogP contribution in [0.4, 0.5) is 4.39 Å². The Labute approximate surface area is 119 Å². The van der Waals surface area contributed by atoms with Crippen LogP contribution in [0.1, 0.15) is 18.4 Å². The highest BCUT2D eigenvalue weighted by Crippen LogP contribution is 2.21. The molecule has 0 aromatic heterocycles. The van der Waals surface area contributed by atoms with E-state index in [0.29, 0.717) is 29.8 Å². The fourth-order valence-corrected chi connectivity index (χ4v) is 2.85. The van der Waals surface area contributed by atoms with Crippen LogP contribution in [0.5, 0.6) is 0 Å². The van der Waals surface area contributed by atoms with Gasteiger partial charge in [0.05, 0.1) is 0 Å². The quantitative estimate of drug-likeness (QED) is 0.841. The molecule has 0 aliphatic rings. The normalized spacial score (nSPS) is 13.5. The van der Waals surface area contributed by atoms with E-state index in [2.05, 4.69) is 5.32 Å². The van der Waals surface area contributed by atoms with Crippen molar-refractivity contribution in [1.29, 1.82) is 0 Å². The molecule has 1 N–H and O–H groups in total. The van der Waals surface area contributed by atoms with Crippen molar-refractivity contribution in [3.8, 4) is 0 Å². The van der Waals surface area contributed by atoms with Crippen molar-refractivity contribution in [3.63, 3.8) is 0 Å². The predicted molar refractivity (Wildman–Crippen MR) is 76.9 cm³/mol. The third-order valence-electron chi connectivity index (χ3n) is 2.99. The molecule has 0 radical (unpaired) electrons. The summed E-state index contributed by atoms with van der Waals surface area (Å²) in [5.74, 6) is -0.174. The summed E-state index contributed by atoms with van der Waals surface area (Å²) in [7, 11) is -1.17. The fourth-order valence-electron chi connectivity index (χ4n) is 1.91. The van der Waals surface area contributed by atoms with Gasteiger partial charge in [-0.2, -0.15) is 0 Å². The lowest BCUT2D eigenvalue weighted by molar-refractivity contribution is 0.497. The zero-order chi connectivity index (χ0) is 14.5. The van der Waals surface area contributed by atoms with Crippen molar-refractivity contribution in [2.24, 2.45) is 0 Å². The topological polar surface area (TPSA) is 46.2 Å². The van der Waals surface area contributed by atoms with Crippen LogP contribution >= 0.6 is 11.6 Å². The van der Waals surface area contributed by atoms with Crippen molar-refractivity contribution in [3.05, 3.63) is 34.6 Å². The van der Waals surface area contributed by atoms with E-state index in [1.165, 1.54) is 12.3 Å². The maximum atomic E-state index is 13.7. The molecule has 1 aromatic rings. The third kappa shape index (κ3) is 5.89. The lowest BCUT2D eigenvalue weighted by Crippen LogP contribution is -2.28. The molecule has 1 atom stereocenters. The summed E-state index contributed by atoms with van der Waals surface area (Å²) in [5, 5.41) is 3.48. The van der Waals surface area contributed by atoms with Gasteiger partial charge >= 0.3 is 0 Å². The lowest BCUT2D eigenvalue weighted by atomic mass is 10.0. The van der Waals surface area contributed by atoms with Gasteiger partial charge < -0.3 is 5.32 Å². The zero-order valence-corrected chi connectivity index (χ0v) is 12.7. The molecule has 0 fully saturated rings. The van der Waals surface area contributed by atoms with Gasteiger partial charge in [-0.1, -0.05) is 17.7 Å². The highest BCUT2D eigenvalue weighted by Gasteiger charge is 2.14. The first-order valence-electron chi connectivity index (χ1n) is 6.11. The maximum Gasteiger partial charge on any atom is 0.147 e. The number of likely N-dealkylation sites (N-methyl/N-ethyl adjacent to an activating group) is 1. The monoisotopic (exact) mass is 307 g/mol. The molecule has 108 valence electrons. The van der Waals surface area contributed by atoms with Gasteiger partial charge in [-0.3, -0.25) is 0 Å². The number of benzene rings is 1. The molecule has 0 spiro atoms. The number of rotatable bonds is 7. The van der Waals surface area contributed by atoms with Crippen LogP contribution in [0.15, 0.2) is 18.2 Å². The van der Waals surface area contributed by atoms with Gasteiger partial charge in [-0.15, -0.1) is 0 Å². The van der Waals surface area contributed by atoms with Gasteiger partial charge in [0.25, 0.3) is 0 Å². The Balaban J connectivity index is 2.62. The number of hydrogen-bond donors (Lipinski definition) is 1. The van der Waals surface area contributed by atoms with Gasteiger partial charge in [0.2, 0.25) is 0 Å². The fraction of sp³-hybridized carbons (Fsp3) is 0.538. The Hall–Kier alpha value is -0.650. The lowest BCUT2D eigenvalue weighted by Gasteiger charge is -2.17. The number of sulfone groups is 1. The molecular formula is C13H19ClFNO2S. The van der Waals surface area contributed by atoms with E-state index in [-0.39, 0.29) is 17.6 Å². The summed E-state index contributed by atoms with van der Waals surface area (Å²) in [5.41, 5.74) is 0.475. The Morgan fingerprint density at radius 3 is 2.63 bits per heavy atom. The van der Waals surface area contributed by atoms with Crippen LogP contribution in [-0.2, 0) is 16.3 Å². The van der Waals surface area contributed by atoms with Crippen molar-refractivity contribution in [2.75, 3.05) is 19.1 Å². The van der Waals surface area contributed by atoms with Crippen LogP contribution in [0.3, 0.4) is 0 Å². The van der Waals surface area contributed by atoms with Crippen LogP contribution in [-0.4, -0.2) is 33.5 Å². The molecule has 0 saturated heterocycles. The molecule has 0 heterocycles. The average Bonchev–Trinajstić information content (AvgIpc) is 2.30. The van der Waals surface area contributed by atoms with Crippen molar-refractivity contribution >= 4 is 21.4 Å². The summed E-state index contributed by atoms with van der Waals surface area (Å²) >= 11 is 5.97. The van der Waals surface area contributed by atoms with Gasteiger partial charge in [-0.05, 0) is 38.4 Å². The van der Waals surface area contributed by atoms with E-state index < -0.39 is 9.84 Å². The van der Waals surface area contributed by atoms with E-state index in [0.717, 1.165) is 0 Å². The molecule has 6 heteroatoms. The number of halogens is 2. The Morgan fingerprint density at radius 1 is 1.42 bits per heavy atom. The van der Waals surface area contributed by atoms with Crippen LogP contribution in [0, 0.1) is 5.82 Å². The minimum atomic E-state index is -2.95. The van der Waals surface area contributed by atoms with E-state index in [9.17, 15) is 12.8 Å². The van der Waals surface area contributed by atoms with Crippen LogP contribution in [0.25, 0.3) is 0 Å². The first-order chi connectivity index (χ1) is 8.83. The van der Waals surface area contributed by atoms with Crippen LogP contribution < -0.4 is 5.32 Å². The first-order valence-corrected chi connectivity index (χ1v) is 8.55. The zero-order valence-electron chi connectivity index (χ0n) is 11.1. The van der Waals surface area contributed by atoms with Crippen LogP contribution in [0.2, 0.25) is 5.02 Å². The van der Waals surface area contributed by atoms with E-state index in [1.807, 2.05) is 0 Å². The second-order valence-corrected chi connectivity index (χ2v) is 7.33. The minimum absolute atomic E-state index is 0.0103. The molecule has 0 bridgehead atoms. The molecule has 1 unspecified atom stereocenters. The average molecular weight is 308 g/mol. The predicted octanol–water partition coefficient (Wildman–Crippen LogP) is 2.43. The highest BCUT2D eigenvalue weighted by molar-refractivity contribution is 7.90. The number of hydrogen-bond acceptors (Lipinski definition) is 3. The first kappa shape index (κ1) is 16.4. The Kier molecular flexibility index (Phi) is 6.23. The summed E-state index contributed by atoms with van der Waals surface area (Å²) in [4.78, 5) is 0. The van der Waals surface area contributed by atoms with E-state index in [1.54, 1.807) is 19.2 Å². The van der Waals surface area contributed by atoms with E-state index in [4.69, 9.17) is 11.6 Å².